The molecule has 0 aromatic heterocycles. The van der Waals surface area contributed by atoms with Gasteiger partial charge in [0, 0.05) is 6.54 Å². The van der Waals surface area contributed by atoms with Gasteiger partial charge in [-0.15, -0.1) is 0 Å². The van der Waals surface area contributed by atoms with Gasteiger partial charge in [-0.3, -0.25) is 9.69 Å². The molecule has 2 rings (SSSR count). The van der Waals surface area contributed by atoms with E-state index in [2.05, 4.69) is 0 Å². The summed E-state index contributed by atoms with van der Waals surface area (Å²) in [4.78, 5) is 13.3. The van der Waals surface area contributed by atoms with Crippen LogP contribution in [-0.2, 0) is 11.3 Å². The molecule has 2 unspecified atom stereocenters. The van der Waals surface area contributed by atoms with Crippen LogP contribution in [-0.4, -0.2) is 34.6 Å². The van der Waals surface area contributed by atoms with Gasteiger partial charge in [-0.25, -0.2) is 4.39 Å². The first kappa shape index (κ1) is 14.0. The van der Waals surface area contributed by atoms with Crippen molar-refractivity contribution in [3.05, 3.63) is 35.1 Å². The van der Waals surface area contributed by atoms with Crippen LogP contribution in [0.1, 0.15) is 24.0 Å². The second kappa shape index (κ2) is 5.67. The highest BCUT2D eigenvalue weighted by Gasteiger charge is 2.34. The van der Waals surface area contributed by atoms with Crippen LogP contribution in [0.3, 0.4) is 0 Å². The molecule has 1 amide bonds. The number of likely N-dealkylation sites (tertiary alicyclic amines) is 1. The van der Waals surface area contributed by atoms with E-state index < -0.39 is 18.1 Å². The lowest BCUT2D eigenvalue weighted by molar-refractivity contribution is -0.130. The number of benzene rings is 1. The molecule has 1 aliphatic heterocycles. The summed E-state index contributed by atoms with van der Waals surface area (Å²) in [6.07, 6.45) is 0.646. The number of hydrogen-bond acceptors (Lipinski definition) is 3. The first-order valence-electron chi connectivity index (χ1n) is 6.45. The Morgan fingerprint density at radius 1 is 1.58 bits per heavy atom. The molecule has 0 saturated carbocycles. The van der Waals surface area contributed by atoms with Gasteiger partial charge in [-0.2, -0.15) is 0 Å². The van der Waals surface area contributed by atoms with Gasteiger partial charge < -0.3 is 10.8 Å². The van der Waals surface area contributed by atoms with Gasteiger partial charge in [0.05, 0.1) is 6.10 Å². The fourth-order valence-electron chi connectivity index (χ4n) is 2.56. The van der Waals surface area contributed by atoms with Gasteiger partial charge in [-0.1, -0.05) is 12.1 Å². The quantitative estimate of drug-likeness (QED) is 0.856. The summed E-state index contributed by atoms with van der Waals surface area (Å²) in [5, 5.41) is 9.87. The number of aliphatic hydroxyl groups is 1. The molecular formula is C14H19FN2O2. The molecule has 1 fully saturated rings. The van der Waals surface area contributed by atoms with E-state index >= 15 is 0 Å². The third-order valence-electron chi connectivity index (χ3n) is 3.62. The lowest BCUT2D eigenvalue weighted by atomic mass is 9.97. The van der Waals surface area contributed by atoms with E-state index in [-0.39, 0.29) is 5.82 Å². The molecule has 1 aromatic carbocycles. The fraction of sp³-hybridized carbons (Fsp3) is 0.500. The number of piperidine rings is 1. The first-order chi connectivity index (χ1) is 8.99. The van der Waals surface area contributed by atoms with Crippen molar-refractivity contribution in [2.75, 3.05) is 6.54 Å². The van der Waals surface area contributed by atoms with E-state index in [1.54, 1.807) is 13.0 Å². The van der Waals surface area contributed by atoms with Gasteiger partial charge in [0.15, 0.2) is 0 Å². The van der Waals surface area contributed by atoms with E-state index in [9.17, 15) is 14.3 Å². The zero-order valence-corrected chi connectivity index (χ0v) is 11.0. The number of hydrogen-bond donors (Lipinski definition) is 2. The standard InChI is InChI=1S/C14H19FN2O2/c1-9-4-5-10(7-11(9)15)8-17-6-2-3-12(18)13(17)14(16)19/h4-5,7,12-13,18H,2-3,6,8H2,1H3,(H2,16,19). The van der Waals surface area contributed by atoms with Crippen molar-refractivity contribution in [3.8, 4) is 0 Å². The lowest BCUT2D eigenvalue weighted by Gasteiger charge is -2.37. The van der Waals surface area contributed by atoms with Crippen LogP contribution in [0.4, 0.5) is 4.39 Å². The van der Waals surface area contributed by atoms with Crippen molar-refractivity contribution >= 4 is 5.91 Å². The SMILES string of the molecule is Cc1ccc(CN2CCCC(O)C2C(N)=O)cc1F. The van der Waals surface area contributed by atoms with Crippen LogP contribution < -0.4 is 5.73 Å². The number of halogens is 1. The molecule has 5 heteroatoms. The number of carbonyl (C=O) groups is 1. The average Bonchev–Trinajstić information content (AvgIpc) is 2.33. The van der Waals surface area contributed by atoms with Gasteiger partial charge >= 0.3 is 0 Å². The van der Waals surface area contributed by atoms with E-state index in [0.717, 1.165) is 12.0 Å². The molecule has 0 spiro atoms. The molecule has 1 heterocycles. The first-order valence-corrected chi connectivity index (χ1v) is 6.45. The zero-order valence-electron chi connectivity index (χ0n) is 11.0. The second-order valence-corrected chi connectivity index (χ2v) is 5.11. The number of aryl methyl sites for hydroxylation is 1. The zero-order chi connectivity index (χ0) is 14.0. The molecule has 0 bridgehead atoms. The molecule has 1 saturated heterocycles. The third kappa shape index (κ3) is 3.11. The molecular weight excluding hydrogens is 247 g/mol. The Balaban J connectivity index is 2.15. The Morgan fingerprint density at radius 2 is 2.32 bits per heavy atom. The lowest BCUT2D eigenvalue weighted by Crippen LogP contribution is -2.54. The molecule has 1 aliphatic rings. The van der Waals surface area contributed by atoms with Crippen molar-refractivity contribution in [1.82, 2.24) is 4.90 Å². The largest absolute Gasteiger partial charge is 0.391 e. The highest BCUT2D eigenvalue weighted by molar-refractivity contribution is 5.80. The van der Waals surface area contributed by atoms with Crippen molar-refractivity contribution in [2.24, 2.45) is 5.73 Å². The summed E-state index contributed by atoms with van der Waals surface area (Å²) in [5.41, 5.74) is 6.71. The minimum Gasteiger partial charge on any atom is -0.391 e. The predicted octanol–water partition coefficient (Wildman–Crippen LogP) is 0.945. The van der Waals surface area contributed by atoms with Crippen LogP contribution in [0.15, 0.2) is 18.2 Å². The second-order valence-electron chi connectivity index (χ2n) is 5.11. The molecule has 0 radical (unpaired) electrons. The topological polar surface area (TPSA) is 66.6 Å². The highest BCUT2D eigenvalue weighted by atomic mass is 19.1. The molecule has 4 nitrogen and oxygen atoms in total. The van der Waals surface area contributed by atoms with E-state index in [1.165, 1.54) is 6.07 Å². The monoisotopic (exact) mass is 266 g/mol. The maximum Gasteiger partial charge on any atom is 0.237 e. The Bertz CT molecular complexity index is 479. The van der Waals surface area contributed by atoms with Gasteiger partial charge in [-0.05, 0) is 43.5 Å². The van der Waals surface area contributed by atoms with Crippen molar-refractivity contribution in [3.63, 3.8) is 0 Å². The number of nitrogens with zero attached hydrogens (tertiary/aromatic N) is 1. The highest BCUT2D eigenvalue weighted by Crippen LogP contribution is 2.21. The number of aliphatic hydroxyl groups excluding tert-OH is 1. The van der Waals surface area contributed by atoms with Gasteiger partial charge in [0.1, 0.15) is 11.9 Å². The van der Waals surface area contributed by atoms with E-state index in [0.29, 0.717) is 25.1 Å². The Morgan fingerprint density at radius 3 is 2.95 bits per heavy atom. The van der Waals surface area contributed by atoms with Crippen LogP contribution in [0.5, 0.6) is 0 Å². The van der Waals surface area contributed by atoms with Crippen molar-refractivity contribution in [1.29, 1.82) is 0 Å². The molecule has 19 heavy (non-hydrogen) atoms. The maximum absolute atomic E-state index is 13.5. The van der Waals surface area contributed by atoms with Gasteiger partial charge in [0.2, 0.25) is 5.91 Å². The average molecular weight is 266 g/mol. The predicted molar refractivity (Wildman–Crippen MR) is 69.8 cm³/mol. The summed E-state index contributed by atoms with van der Waals surface area (Å²) >= 11 is 0. The molecule has 2 atom stereocenters. The summed E-state index contributed by atoms with van der Waals surface area (Å²) in [5.74, 6) is -0.787. The molecule has 1 aromatic rings. The maximum atomic E-state index is 13.5. The van der Waals surface area contributed by atoms with Crippen LogP contribution >= 0.6 is 0 Å². The Kier molecular flexibility index (Phi) is 4.17. The normalized spacial score (nSPS) is 24.4. The molecule has 104 valence electrons. The minimum atomic E-state index is -0.735. The number of primary amides is 1. The summed E-state index contributed by atoms with van der Waals surface area (Å²) in [7, 11) is 0. The molecule has 3 N–H and O–H groups in total. The van der Waals surface area contributed by atoms with Crippen molar-refractivity contribution < 1.29 is 14.3 Å². The summed E-state index contributed by atoms with van der Waals surface area (Å²) in [6, 6.07) is 4.33. The smallest absolute Gasteiger partial charge is 0.237 e. The minimum absolute atomic E-state index is 0.259. The number of nitrogens with two attached hydrogens (primary N) is 1. The molecule has 0 aliphatic carbocycles. The summed E-state index contributed by atoms with van der Waals surface area (Å²) < 4.78 is 13.5. The van der Waals surface area contributed by atoms with Crippen LogP contribution in [0.2, 0.25) is 0 Å². The fourth-order valence-corrected chi connectivity index (χ4v) is 2.56. The van der Waals surface area contributed by atoms with Crippen LogP contribution in [0, 0.1) is 12.7 Å². The number of rotatable bonds is 3. The number of carbonyl (C=O) groups excluding carboxylic acids is 1. The third-order valence-corrected chi connectivity index (χ3v) is 3.62. The summed E-state index contributed by atoms with van der Waals surface area (Å²) in [6.45, 7) is 2.80. The van der Waals surface area contributed by atoms with E-state index in [1.807, 2.05) is 11.0 Å². The van der Waals surface area contributed by atoms with E-state index in [4.69, 9.17) is 5.73 Å². The number of amides is 1. The Hall–Kier alpha value is -1.46. The van der Waals surface area contributed by atoms with Gasteiger partial charge in [0.25, 0.3) is 0 Å². The van der Waals surface area contributed by atoms with Crippen LogP contribution in [0.25, 0.3) is 0 Å². The Labute approximate surface area is 112 Å². The van der Waals surface area contributed by atoms with Crippen molar-refractivity contribution in [2.45, 2.75) is 38.5 Å².